The first-order valence-corrected chi connectivity index (χ1v) is 5.86. The summed E-state index contributed by atoms with van der Waals surface area (Å²) in [5.41, 5.74) is -6.44. The van der Waals surface area contributed by atoms with Crippen molar-refractivity contribution in [3.63, 3.8) is 0 Å². The molecule has 1 aliphatic rings. The maximum Gasteiger partial charge on any atom is 0.534 e. The zero-order valence-corrected chi connectivity index (χ0v) is 9.23. The van der Waals surface area contributed by atoms with Crippen molar-refractivity contribution in [3.05, 3.63) is 11.8 Å². The van der Waals surface area contributed by atoms with Crippen LogP contribution in [0.25, 0.3) is 0 Å². The van der Waals surface area contributed by atoms with Crippen LogP contribution in [0.15, 0.2) is 11.8 Å². The Balaban J connectivity index is 2.75. The van der Waals surface area contributed by atoms with Crippen LogP contribution in [0.4, 0.5) is 13.2 Å². The van der Waals surface area contributed by atoms with Crippen LogP contribution in [0.3, 0.4) is 0 Å². The number of halogens is 3. The van der Waals surface area contributed by atoms with Crippen LogP contribution in [0, 0.1) is 0 Å². The number of aliphatic hydroxyl groups is 1. The van der Waals surface area contributed by atoms with E-state index in [4.69, 9.17) is 0 Å². The summed E-state index contributed by atoms with van der Waals surface area (Å²) in [6.07, 6.45) is 1.34. The van der Waals surface area contributed by atoms with Gasteiger partial charge in [-0.2, -0.15) is 21.6 Å². The molecule has 0 saturated carbocycles. The molecule has 0 fully saturated rings. The molecule has 0 aromatic carbocycles. The predicted molar refractivity (Wildman–Crippen MR) is 48.6 cm³/mol. The molecule has 1 atom stereocenters. The number of rotatable bonds is 2. The zero-order chi connectivity index (χ0) is 12.6. The van der Waals surface area contributed by atoms with E-state index in [2.05, 4.69) is 4.18 Å². The van der Waals surface area contributed by atoms with Crippen LogP contribution in [0.5, 0.6) is 0 Å². The van der Waals surface area contributed by atoms with Gasteiger partial charge < -0.3 is 9.29 Å². The molecule has 0 aliphatic heterocycles. The van der Waals surface area contributed by atoms with Crippen LogP contribution in [-0.4, -0.2) is 24.6 Å². The SMILES string of the molecule is CC1(O)CC=C(OS(=O)(=O)C(F)(F)F)CC1. The Kier molecular flexibility index (Phi) is 3.26. The standard InChI is InChI=1S/C8H11F3O4S/c1-7(12)4-2-6(3-5-7)15-16(13,14)8(9,10)11/h2,12H,3-5H2,1H3. The van der Waals surface area contributed by atoms with Crippen molar-refractivity contribution in [1.82, 2.24) is 0 Å². The summed E-state index contributed by atoms with van der Waals surface area (Å²) in [5.74, 6) is -0.274. The van der Waals surface area contributed by atoms with E-state index in [0.29, 0.717) is 0 Å². The average molecular weight is 260 g/mol. The molecule has 94 valence electrons. The molecule has 16 heavy (non-hydrogen) atoms. The van der Waals surface area contributed by atoms with Gasteiger partial charge in [0.15, 0.2) is 0 Å². The van der Waals surface area contributed by atoms with Gasteiger partial charge in [-0.3, -0.25) is 0 Å². The smallest absolute Gasteiger partial charge is 0.390 e. The summed E-state index contributed by atoms with van der Waals surface area (Å²) in [5, 5.41) is 9.48. The molecule has 0 aromatic heterocycles. The van der Waals surface area contributed by atoms with Crippen molar-refractivity contribution in [2.45, 2.75) is 37.3 Å². The zero-order valence-electron chi connectivity index (χ0n) is 8.41. The highest BCUT2D eigenvalue weighted by Gasteiger charge is 2.49. The lowest BCUT2D eigenvalue weighted by Crippen LogP contribution is -2.29. The summed E-state index contributed by atoms with van der Waals surface area (Å²) in [6, 6.07) is 0. The number of alkyl halides is 3. The average Bonchev–Trinajstić information content (AvgIpc) is 2.06. The van der Waals surface area contributed by atoms with E-state index in [-0.39, 0.29) is 25.0 Å². The Morgan fingerprint density at radius 1 is 1.50 bits per heavy atom. The van der Waals surface area contributed by atoms with Gasteiger partial charge in [0, 0.05) is 6.42 Å². The summed E-state index contributed by atoms with van der Waals surface area (Å²) < 4.78 is 61.0. The molecule has 4 nitrogen and oxygen atoms in total. The molecule has 1 N–H and O–H groups in total. The van der Waals surface area contributed by atoms with Crippen molar-refractivity contribution in [3.8, 4) is 0 Å². The first-order valence-electron chi connectivity index (χ1n) is 4.46. The Labute approximate surface area is 90.8 Å². The minimum atomic E-state index is -5.58. The molecule has 1 rings (SSSR count). The molecular weight excluding hydrogens is 249 g/mol. The highest BCUT2D eigenvalue weighted by atomic mass is 32.2. The Morgan fingerprint density at radius 3 is 2.44 bits per heavy atom. The van der Waals surface area contributed by atoms with Gasteiger partial charge in [0.2, 0.25) is 0 Å². The quantitative estimate of drug-likeness (QED) is 0.606. The normalized spacial score (nSPS) is 27.4. The molecule has 0 amide bonds. The van der Waals surface area contributed by atoms with Gasteiger partial charge in [-0.15, -0.1) is 0 Å². The third kappa shape index (κ3) is 3.11. The topological polar surface area (TPSA) is 63.6 Å². The van der Waals surface area contributed by atoms with Crippen LogP contribution in [-0.2, 0) is 14.3 Å². The Morgan fingerprint density at radius 2 is 2.06 bits per heavy atom. The van der Waals surface area contributed by atoms with Crippen molar-refractivity contribution in [2.24, 2.45) is 0 Å². The molecule has 1 unspecified atom stereocenters. The lowest BCUT2D eigenvalue weighted by molar-refractivity contribution is -0.0527. The fraction of sp³-hybridized carbons (Fsp3) is 0.750. The largest absolute Gasteiger partial charge is 0.534 e. The predicted octanol–water partition coefficient (Wildman–Crippen LogP) is 1.67. The molecule has 0 heterocycles. The van der Waals surface area contributed by atoms with Crippen molar-refractivity contribution in [2.75, 3.05) is 0 Å². The van der Waals surface area contributed by atoms with E-state index in [0.717, 1.165) is 6.08 Å². The second-order valence-corrected chi connectivity index (χ2v) is 5.39. The first kappa shape index (κ1) is 13.3. The Hall–Kier alpha value is -0.760. The van der Waals surface area contributed by atoms with Crippen LogP contribution in [0.1, 0.15) is 26.2 Å². The summed E-state index contributed by atoms with van der Waals surface area (Å²) >= 11 is 0. The van der Waals surface area contributed by atoms with Crippen molar-refractivity contribution in [1.29, 1.82) is 0 Å². The summed E-state index contributed by atoms with van der Waals surface area (Å²) in [7, 11) is -5.58. The molecule has 0 saturated heterocycles. The van der Waals surface area contributed by atoms with Gasteiger partial charge in [0.05, 0.1) is 5.60 Å². The van der Waals surface area contributed by atoms with Crippen molar-refractivity contribution >= 4 is 10.1 Å². The highest BCUT2D eigenvalue weighted by Crippen LogP contribution is 2.32. The van der Waals surface area contributed by atoms with E-state index in [1.54, 1.807) is 0 Å². The van der Waals surface area contributed by atoms with Gasteiger partial charge >= 0.3 is 15.6 Å². The second kappa shape index (κ2) is 3.92. The number of hydrogen-bond donors (Lipinski definition) is 1. The van der Waals surface area contributed by atoms with Gasteiger partial charge in [0.1, 0.15) is 5.76 Å². The molecule has 0 spiro atoms. The molecule has 1 aliphatic carbocycles. The summed E-state index contributed by atoms with van der Waals surface area (Å²) in [4.78, 5) is 0. The minimum Gasteiger partial charge on any atom is -0.390 e. The highest BCUT2D eigenvalue weighted by molar-refractivity contribution is 7.87. The molecule has 0 radical (unpaired) electrons. The van der Waals surface area contributed by atoms with E-state index in [1.165, 1.54) is 6.92 Å². The minimum absolute atomic E-state index is 0.0394. The Bertz CT molecular complexity index is 394. The van der Waals surface area contributed by atoms with Gasteiger partial charge in [-0.05, 0) is 25.8 Å². The maximum atomic E-state index is 12.0. The lowest BCUT2D eigenvalue weighted by Gasteiger charge is -2.26. The van der Waals surface area contributed by atoms with E-state index < -0.39 is 21.2 Å². The lowest BCUT2D eigenvalue weighted by atomic mass is 9.91. The molecule has 8 heteroatoms. The fourth-order valence-corrected chi connectivity index (χ4v) is 1.72. The summed E-state index contributed by atoms with van der Waals surface area (Å²) in [6.45, 7) is 1.51. The fourth-order valence-electron chi connectivity index (χ4n) is 1.19. The molecule has 0 aromatic rings. The van der Waals surface area contributed by atoms with Crippen LogP contribution in [0.2, 0.25) is 0 Å². The third-order valence-corrected chi connectivity index (χ3v) is 3.18. The second-order valence-electron chi connectivity index (χ2n) is 3.85. The monoisotopic (exact) mass is 260 g/mol. The maximum absolute atomic E-state index is 12.0. The van der Waals surface area contributed by atoms with Crippen LogP contribution < -0.4 is 0 Å². The first-order chi connectivity index (χ1) is 7.04. The molecule has 0 bridgehead atoms. The van der Waals surface area contributed by atoms with Gasteiger partial charge in [-0.1, -0.05) is 0 Å². The third-order valence-electron chi connectivity index (χ3n) is 2.18. The van der Waals surface area contributed by atoms with E-state index >= 15 is 0 Å². The van der Waals surface area contributed by atoms with E-state index in [1.807, 2.05) is 0 Å². The van der Waals surface area contributed by atoms with Crippen molar-refractivity contribution < 1.29 is 30.9 Å². The van der Waals surface area contributed by atoms with E-state index in [9.17, 15) is 26.7 Å². The number of hydrogen-bond acceptors (Lipinski definition) is 4. The molecular formula is C8H11F3O4S. The van der Waals surface area contributed by atoms with Gasteiger partial charge in [-0.25, -0.2) is 0 Å². The van der Waals surface area contributed by atoms with Gasteiger partial charge in [0.25, 0.3) is 0 Å². The number of allylic oxidation sites excluding steroid dienone is 1. The van der Waals surface area contributed by atoms with Crippen LogP contribution >= 0.6 is 0 Å².